The van der Waals surface area contributed by atoms with Gasteiger partial charge in [0.15, 0.2) is 0 Å². The van der Waals surface area contributed by atoms with Crippen LogP contribution in [0.4, 0.5) is 4.39 Å². The Hall–Kier alpha value is -1.94. The van der Waals surface area contributed by atoms with Crippen molar-refractivity contribution in [2.75, 3.05) is 0 Å². The zero-order valence-corrected chi connectivity index (χ0v) is 15.8. The molecule has 4 fully saturated rings. The molecule has 4 bridgehead atoms. The Bertz CT molecular complexity index is 872. The van der Waals surface area contributed by atoms with Gasteiger partial charge in [-0.1, -0.05) is 17.7 Å². The molecule has 0 aliphatic heterocycles. The third-order valence-electron chi connectivity index (χ3n) is 6.77. The van der Waals surface area contributed by atoms with Crippen LogP contribution in [0.15, 0.2) is 36.5 Å². The van der Waals surface area contributed by atoms with E-state index in [-0.39, 0.29) is 17.5 Å². The molecular weight excluding hydrogens is 363 g/mol. The first-order valence-electron chi connectivity index (χ1n) is 9.80. The van der Waals surface area contributed by atoms with E-state index >= 15 is 0 Å². The van der Waals surface area contributed by atoms with Crippen LogP contribution in [0.5, 0.6) is 0 Å². The molecule has 6 rings (SSSR count). The number of pyridine rings is 1. The second kappa shape index (κ2) is 6.59. The monoisotopic (exact) mass is 384 g/mol. The van der Waals surface area contributed by atoms with E-state index in [9.17, 15) is 9.18 Å². The maximum Gasteiger partial charge on any atom is 0.254 e. The number of rotatable bonds is 3. The summed E-state index contributed by atoms with van der Waals surface area (Å²) in [5.74, 6) is 2.00. The number of nitrogens with one attached hydrogen (secondary N) is 1. The molecule has 4 aliphatic rings. The first-order chi connectivity index (χ1) is 13.1. The zero-order chi connectivity index (χ0) is 18.5. The van der Waals surface area contributed by atoms with Gasteiger partial charge in [-0.2, -0.15) is 0 Å². The van der Waals surface area contributed by atoms with E-state index in [1.54, 1.807) is 30.5 Å². The van der Waals surface area contributed by atoms with Crippen LogP contribution in [0, 0.1) is 29.5 Å². The molecule has 4 saturated carbocycles. The molecule has 0 atom stereocenters. The van der Waals surface area contributed by atoms with Gasteiger partial charge in [-0.25, -0.2) is 4.39 Å². The van der Waals surface area contributed by atoms with Gasteiger partial charge in [-0.3, -0.25) is 9.78 Å². The highest BCUT2D eigenvalue weighted by molar-refractivity contribution is 6.33. The SMILES string of the molecule is O=C(NC1C2CC3CC(C2)CC1C3)c1ccc(-c2ncccc2Cl)cc1F. The van der Waals surface area contributed by atoms with E-state index in [1.165, 1.54) is 38.2 Å². The predicted molar refractivity (Wildman–Crippen MR) is 103 cm³/mol. The van der Waals surface area contributed by atoms with Gasteiger partial charge in [-0.05, 0) is 80.0 Å². The first kappa shape index (κ1) is 17.2. The van der Waals surface area contributed by atoms with E-state index in [2.05, 4.69) is 10.3 Å². The van der Waals surface area contributed by atoms with Crippen molar-refractivity contribution in [1.82, 2.24) is 10.3 Å². The van der Waals surface area contributed by atoms with E-state index in [0.717, 1.165) is 11.8 Å². The molecule has 27 heavy (non-hydrogen) atoms. The summed E-state index contributed by atoms with van der Waals surface area (Å²) < 4.78 is 14.7. The van der Waals surface area contributed by atoms with E-state index in [4.69, 9.17) is 11.6 Å². The topological polar surface area (TPSA) is 42.0 Å². The molecule has 3 nitrogen and oxygen atoms in total. The quantitative estimate of drug-likeness (QED) is 0.800. The maximum atomic E-state index is 14.7. The van der Waals surface area contributed by atoms with Crippen molar-refractivity contribution in [2.45, 2.75) is 38.1 Å². The van der Waals surface area contributed by atoms with Gasteiger partial charge in [-0.15, -0.1) is 0 Å². The second-order valence-electron chi connectivity index (χ2n) is 8.46. The molecule has 2 aromatic rings. The third-order valence-corrected chi connectivity index (χ3v) is 7.08. The molecule has 5 heteroatoms. The van der Waals surface area contributed by atoms with E-state index in [0.29, 0.717) is 28.1 Å². The lowest BCUT2D eigenvalue weighted by molar-refractivity contribution is -0.0120. The van der Waals surface area contributed by atoms with Crippen LogP contribution in [-0.4, -0.2) is 16.9 Å². The highest BCUT2D eigenvalue weighted by Gasteiger charge is 2.48. The molecule has 1 amide bonds. The lowest BCUT2D eigenvalue weighted by Gasteiger charge is -2.54. The van der Waals surface area contributed by atoms with Crippen LogP contribution in [0.25, 0.3) is 11.3 Å². The Labute approximate surface area is 163 Å². The zero-order valence-electron chi connectivity index (χ0n) is 15.0. The van der Waals surface area contributed by atoms with E-state index in [1.807, 2.05) is 0 Å². The molecule has 1 aromatic heterocycles. The van der Waals surface area contributed by atoms with Gasteiger partial charge in [0, 0.05) is 17.8 Å². The van der Waals surface area contributed by atoms with Gasteiger partial charge < -0.3 is 5.32 Å². The Balaban J connectivity index is 1.36. The lowest BCUT2D eigenvalue weighted by Crippen LogP contribution is -2.55. The molecule has 0 unspecified atom stereocenters. The number of nitrogens with zero attached hydrogens (tertiary/aromatic N) is 1. The van der Waals surface area contributed by atoms with Gasteiger partial charge in [0.1, 0.15) is 5.82 Å². The fourth-order valence-electron chi connectivity index (χ4n) is 5.83. The Kier molecular flexibility index (Phi) is 4.19. The van der Waals surface area contributed by atoms with Crippen molar-refractivity contribution in [3.63, 3.8) is 0 Å². The van der Waals surface area contributed by atoms with Crippen LogP contribution in [0.3, 0.4) is 0 Å². The average Bonchev–Trinajstić information content (AvgIpc) is 2.64. The van der Waals surface area contributed by atoms with Crippen molar-refractivity contribution >= 4 is 17.5 Å². The Morgan fingerprint density at radius 1 is 1.07 bits per heavy atom. The number of carbonyl (C=O) groups is 1. The largest absolute Gasteiger partial charge is 0.349 e. The normalized spacial score (nSPS) is 31.1. The average molecular weight is 385 g/mol. The first-order valence-corrected chi connectivity index (χ1v) is 10.2. The fraction of sp³-hybridized carbons (Fsp3) is 0.455. The van der Waals surface area contributed by atoms with Crippen LogP contribution in [-0.2, 0) is 0 Å². The second-order valence-corrected chi connectivity index (χ2v) is 8.87. The fourth-order valence-corrected chi connectivity index (χ4v) is 6.07. The number of carbonyl (C=O) groups excluding carboxylic acids is 1. The Morgan fingerprint density at radius 2 is 1.78 bits per heavy atom. The maximum absolute atomic E-state index is 14.7. The summed E-state index contributed by atoms with van der Waals surface area (Å²) in [6.07, 6.45) is 7.87. The standard InChI is InChI=1S/C22H22ClFN2O/c23-18-2-1-5-25-21(18)14-3-4-17(19(24)11-14)22(27)26-20-15-7-12-6-13(9-15)10-16(20)8-12/h1-5,11-13,15-16,20H,6-10H2,(H,26,27). The van der Waals surface area contributed by atoms with Crippen LogP contribution in [0.1, 0.15) is 42.5 Å². The Morgan fingerprint density at radius 3 is 2.41 bits per heavy atom. The molecular formula is C22H22ClFN2O. The number of hydrogen-bond donors (Lipinski definition) is 1. The molecule has 0 radical (unpaired) electrons. The smallest absolute Gasteiger partial charge is 0.254 e. The number of amides is 1. The summed E-state index contributed by atoms with van der Waals surface area (Å²) >= 11 is 6.15. The number of hydrogen-bond acceptors (Lipinski definition) is 2. The number of halogens is 2. The molecule has 1 heterocycles. The minimum absolute atomic E-state index is 0.0969. The summed E-state index contributed by atoms with van der Waals surface area (Å²) in [6.45, 7) is 0. The summed E-state index contributed by atoms with van der Waals surface area (Å²) in [7, 11) is 0. The minimum Gasteiger partial charge on any atom is -0.349 e. The molecule has 0 saturated heterocycles. The van der Waals surface area contributed by atoms with Crippen molar-refractivity contribution in [2.24, 2.45) is 23.7 Å². The number of aromatic nitrogens is 1. The van der Waals surface area contributed by atoms with Crippen molar-refractivity contribution in [3.8, 4) is 11.3 Å². The number of benzene rings is 1. The molecule has 1 aromatic carbocycles. The molecule has 140 valence electrons. The highest BCUT2D eigenvalue weighted by Crippen LogP contribution is 2.53. The predicted octanol–water partition coefficient (Wildman–Crippen LogP) is 5.10. The minimum atomic E-state index is -0.532. The third kappa shape index (κ3) is 3.04. The molecule has 1 N–H and O–H groups in total. The summed E-state index contributed by atoms with van der Waals surface area (Å²) in [4.78, 5) is 17.0. The summed E-state index contributed by atoms with van der Waals surface area (Å²) in [5.41, 5.74) is 1.19. The van der Waals surface area contributed by atoms with Gasteiger partial charge in [0.25, 0.3) is 5.91 Å². The molecule has 4 aliphatic carbocycles. The van der Waals surface area contributed by atoms with Crippen LogP contribution < -0.4 is 5.32 Å². The van der Waals surface area contributed by atoms with Crippen molar-refractivity contribution in [1.29, 1.82) is 0 Å². The van der Waals surface area contributed by atoms with Crippen LogP contribution >= 0.6 is 11.6 Å². The van der Waals surface area contributed by atoms with Gasteiger partial charge >= 0.3 is 0 Å². The lowest BCUT2D eigenvalue weighted by atomic mass is 9.54. The highest BCUT2D eigenvalue weighted by atomic mass is 35.5. The summed E-state index contributed by atoms with van der Waals surface area (Å²) in [5, 5.41) is 3.63. The van der Waals surface area contributed by atoms with Crippen LogP contribution in [0.2, 0.25) is 5.02 Å². The van der Waals surface area contributed by atoms with Crippen molar-refractivity contribution in [3.05, 3.63) is 52.9 Å². The van der Waals surface area contributed by atoms with Gasteiger partial charge in [0.2, 0.25) is 0 Å². The van der Waals surface area contributed by atoms with Gasteiger partial charge in [0.05, 0.1) is 16.3 Å². The van der Waals surface area contributed by atoms with Crippen molar-refractivity contribution < 1.29 is 9.18 Å². The summed E-state index contributed by atoms with van der Waals surface area (Å²) in [6, 6.07) is 8.25. The van der Waals surface area contributed by atoms with E-state index < -0.39 is 5.82 Å². The molecule has 0 spiro atoms.